The molecule has 0 amide bonds. The maximum atomic E-state index is 13.3. The third-order valence-corrected chi connectivity index (χ3v) is 2.02. The maximum Gasteiger partial charge on any atom is 0.156 e. The van der Waals surface area contributed by atoms with Gasteiger partial charge >= 0.3 is 0 Å². The number of carbonyl (C=O) groups excluding carboxylic acids is 1. The van der Waals surface area contributed by atoms with Crippen molar-refractivity contribution in [3.8, 4) is 0 Å². The number of likely N-dealkylation sites (N-methyl/N-ethyl adjacent to an activating group) is 1. The lowest BCUT2D eigenvalue weighted by molar-refractivity contribution is -0.124. The van der Waals surface area contributed by atoms with E-state index in [0.717, 1.165) is 0 Å². The fourth-order valence-corrected chi connectivity index (χ4v) is 1.02. The van der Waals surface area contributed by atoms with Crippen molar-refractivity contribution in [1.82, 2.24) is 4.90 Å². The lowest BCUT2D eigenvalue weighted by atomic mass is 10.1. The molecule has 0 fully saturated rings. The van der Waals surface area contributed by atoms with E-state index >= 15 is 0 Å². The van der Waals surface area contributed by atoms with E-state index in [1.807, 2.05) is 13.8 Å². The summed E-state index contributed by atoms with van der Waals surface area (Å²) in [4.78, 5) is 12.7. The van der Waals surface area contributed by atoms with E-state index in [9.17, 15) is 9.18 Å². The molecule has 0 heterocycles. The highest BCUT2D eigenvalue weighted by Crippen LogP contribution is 2.10. The van der Waals surface area contributed by atoms with Gasteiger partial charge in [-0.2, -0.15) is 0 Å². The fourth-order valence-electron chi connectivity index (χ4n) is 1.02. The average molecular weight is 189 g/mol. The van der Waals surface area contributed by atoms with Crippen molar-refractivity contribution in [1.29, 1.82) is 0 Å². The second-order valence-electron chi connectivity index (χ2n) is 4.15. The summed E-state index contributed by atoms with van der Waals surface area (Å²) in [7, 11) is 1.64. The zero-order valence-electron chi connectivity index (χ0n) is 9.17. The minimum Gasteiger partial charge on any atom is -0.298 e. The van der Waals surface area contributed by atoms with Gasteiger partial charge in [0.1, 0.15) is 5.78 Å². The van der Waals surface area contributed by atoms with E-state index in [1.165, 1.54) is 4.90 Å². The van der Waals surface area contributed by atoms with Gasteiger partial charge in [0.2, 0.25) is 0 Å². The Labute approximate surface area is 80.1 Å². The highest BCUT2D eigenvalue weighted by Gasteiger charge is 2.20. The summed E-state index contributed by atoms with van der Waals surface area (Å²) in [6.07, 6.45) is -1.03. The average Bonchev–Trinajstić information content (AvgIpc) is 2.02. The van der Waals surface area contributed by atoms with Crippen LogP contribution in [0.25, 0.3) is 0 Å². The standard InChI is InChI=1S/C10H20FNO/c1-7(2)9(13)6-12(5)10(11)8(3)4/h7-8,10H,6H2,1-5H3/t10-/m0/s1. The van der Waals surface area contributed by atoms with E-state index in [-0.39, 0.29) is 24.2 Å². The van der Waals surface area contributed by atoms with Crippen LogP contribution < -0.4 is 0 Å². The second-order valence-corrected chi connectivity index (χ2v) is 4.15. The van der Waals surface area contributed by atoms with Crippen LogP contribution in [0.1, 0.15) is 27.7 Å². The Kier molecular flexibility index (Phi) is 5.14. The first-order valence-electron chi connectivity index (χ1n) is 4.73. The fraction of sp³-hybridized carbons (Fsp3) is 0.900. The minimum absolute atomic E-state index is 0.0122. The van der Waals surface area contributed by atoms with Crippen LogP contribution in [0.3, 0.4) is 0 Å². The number of nitrogens with zero attached hydrogens (tertiary/aromatic N) is 1. The molecular formula is C10H20FNO. The number of Topliss-reactive ketones (excluding diaryl/α,β-unsaturated/α-hetero) is 1. The van der Waals surface area contributed by atoms with E-state index in [2.05, 4.69) is 0 Å². The molecule has 0 unspecified atom stereocenters. The van der Waals surface area contributed by atoms with Gasteiger partial charge in [0.25, 0.3) is 0 Å². The molecule has 13 heavy (non-hydrogen) atoms. The molecule has 0 aromatic carbocycles. The zero-order valence-corrected chi connectivity index (χ0v) is 9.17. The predicted octanol–water partition coefficient (Wildman–Crippen LogP) is 2.09. The molecule has 0 radical (unpaired) electrons. The summed E-state index contributed by atoms with van der Waals surface area (Å²) in [5.74, 6) is 0.0116. The Balaban J connectivity index is 4.00. The molecule has 0 saturated carbocycles. The van der Waals surface area contributed by atoms with Crippen LogP contribution >= 0.6 is 0 Å². The molecule has 0 saturated heterocycles. The quantitative estimate of drug-likeness (QED) is 0.617. The van der Waals surface area contributed by atoms with Crippen molar-refractivity contribution in [2.75, 3.05) is 13.6 Å². The minimum atomic E-state index is -1.03. The largest absolute Gasteiger partial charge is 0.298 e. The van der Waals surface area contributed by atoms with Gasteiger partial charge in [-0.1, -0.05) is 27.7 Å². The van der Waals surface area contributed by atoms with Crippen molar-refractivity contribution in [3.05, 3.63) is 0 Å². The molecule has 78 valence electrons. The zero-order chi connectivity index (χ0) is 10.6. The van der Waals surface area contributed by atoms with Crippen molar-refractivity contribution in [2.24, 2.45) is 11.8 Å². The summed E-state index contributed by atoms with van der Waals surface area (Å²) < 4.78 is 13.3. The van der Waals surface area contributed by atoms with Crippen molar-refractivity contribution in [3.63, 3.8) is 0 Å². The molecule has 0 rings (SSSR count). The van der Waals surface area contributed by atoms with Crippen LogP contribution in [-0.2, 0) is 4.79 Å². The Morgan fingerprint density at radius 2 is 1.77 bits per heavy atom. The molecule has 0 spiro atoms. The number of hydrogen-bond acceptors (Lipinski definition) is 2. The van der Waals surface area contributed by atoms with Gasteiger partial charge in [-0.15, -0.1) is 0 Å². The summed E-state index contributed by atoms with van der Waals surface area (Å²) >= 11 is 0. The summed E-state index contributed by atoms with van der Waals surface area (Å²) in [5, 5.41) is 0. The lowest BCUT2D eigenvalue weighted by Gasteiger charge is -2.24. The monoisotopic (exact) mass is 189 g/mol. The summed E-state index contributed by atoms with van der Waals surface area (Å²) in [5.41, 5.74) is 0. The predicted molar refractivity (Wildman–Crippen MR) is 52.2 cm³/mol. The van der Waals surface area contributed by atoms with E-state index in [0.29, 0.717) is 0 Å². The van der Waals surface area contributed by atoms with Crippen molar-refractivity contribution >= 4 is 5.78 Å². The highest BCUT2D eigenvalue weighted by molar-refractivity contribution is 5.82. The molecular weight excluding hydrogens is 169 g/mol. The number of carbonyl (C=O) groups is 1. The SMILES string of the molecule is CC(C)C(=O)CN(C)[C@H](F)C(C)C. The topological polar surface area (TPSA) is 20.3 Å². The van der Waals surface area contributed by atoms with Gasteiger partial charge in [-0.05, 0) is 13.0 Å². The lowest BCUT2D eigenvalue weighted by Crippen LogP contribution is -2.37. The molecule has 3 heteroatoms. The van der Waals surface area contributed by atoms with Crippen molar-refractivity contribution < 1.29 is 9.18 Å². The number of ketones is 1. The van der Waals surface area contributed by atoms with Gasteiger partial charge in [-0.3, -0.25) is 9.69 Å². The Bertz CT molecular complexity index is 168. The number of rotatable bonds is 5. The van der Waals surface area contributed by atoms with Crippen LogP contribution in [0.15, 0.2) is 0 Å². The van der Waals surface area contributed by atoms with Gasteiger partial charge in [-0.25, -0.2) is 4.39 Å². The summed E-state index contributed by atoms with van der Waals surface area (Å²) in [6, 6.07) is 0. The number of halogens is 1. The Hall–Kier alpha value is -0.440. The third-order valence-electron chi connectivity index (χ3n) is 2.02. The molecule has 0 bridgehead atoms. The molecule has 2 nitrogen and oxygen atoms in total. The van der Waals surface area contributed by atoms with Gasteiger partial charge in [0.05, 0.1) is 6.54 Å². The smallest absolute Gasteiger partial charge is 0.156 e. The first-order valence-corrected chi connectivity index (χ1v) is 4.73. The van der Waals surface area contributed by atoms with E-state index in [1.54, 1.807) is 20.9 Å². The number of alkyl halides is 1. The van der Waals surface area contributed by atoms with Crippen molar-refractivity contribution in [2.45, 2.75) is 34.0 Å². The van der Waals surface area contributed by atoms with Crippen LogP contribution in [0.2, 0.25) is 0 Å². The molecule has 0 aromatic heterocycles. The molecule has 0 N–H and O–H groups in total. The molecule has 0 aliphatic rings. The van der Waals surface area contributed by atoms with E-state index < -0.39 is 6.30 Å². The second kappa shape index (κ2) is 5.32. The maximum absolute atomic E-state index is 13.3. The van der Waals surface area contributed by atoms with Crippen LogP contribution in [0.5, 0.6) is 0 Å². The molecule has 0 aliphatic heterocycles. The normalized spacial score (nSPS) is 14.2. The molecule has 0 aliphatic carbocycles. The third kappa shape index (κ3) is 4.36. The molecule has 0 aromatic rings. The first kappa shape index (κ1) is 12.6. The Morgan fingerprint density at radius 1 is 1.31 bits per heavy atom. The van der Waals surface area contributed by atoms with Gasteiger partial charge in [0, 0.05) is 5.92 Å². The van der Waals surface area contributed by atoms with Gasteiger partial charge < -0.3 is 0 Å². The summed E-state index contributed by atoms with van der Waals surface area (Å²) in [6.45, 7) is 7.48. The number of hydrogen-bond donors (Lipinski definition) is 0. The first-order chi connectivity index (χ1) is 5.86. The molecule has 1 atom stereocenters. The van der Waals surface area contributed by atoms with Crippen LogP contribution in [-0.4, -0.2) is 30.6 Å². The highest BCUT2D eigenvalue weighted by atomic mass is 19.1. The van der Waals surface area contributed by atoms with E-state index in [4.69, 9.17) is 0 Å². The van der Waals surface area contributed by atoms with Gasteiger partial charge in [0.15, 0.2) is 6.30 Å². The van der Waals surface area contributed by atoms with Crippen LogP contribution in [0, 0.1) is 11.8 Å². The Morgan fingerprint density at radius 3 is 2.08 bits per heavy atom. The van der Waals surface area contributed by atoms with Crippen LogP contribution in [0.4, 0.5) is 4.39 Å².